The highest BCUT2D eigenvalue weighted by molar-refractivity contribution is 7.89. The molecule has 7 heteroatoms. The van der Waals surface area contributed by atoms with Crippen LogP contribution in [0.5, 0.6) is 5.75 Å². The van der Waals surface area contributed by atoms with Crippen molar-refractivity contribution in [3.05, 3.63) is 71.2 Å². The Bertz CT molecular complexity index is 1130. The fourth-order valence-electron chi connectivity index (χ4n) is 3.83. The van der Waals surface area contributed by atoms with Crippen molar-refractivity contribution in [3.63, 3.8) is 0 Å². The van der Waals surface area contributed by atoms with Crippen molar-refractivity contribution >= 4 is 32.4 Å². The summed E-state index contributed by atoms with van der Waals surface area (Å²) >= 11 is 5.91. The van der Waals surface area contributed by atoms with Gasteiger partial charge in [-0.2, -0.15) is 0 Å². The lowest BCUT2D eigenvalue weighted by Crippen LogP contribution is -2.35. The highest BCUT2D eigenvalue weighted by Gasteiger charge is 2.48. The predicted octanol–water partition coefficient (Wildman–Crippen LogP) is 4.18. The van der Waals surface area contributed by atoms with Gasteiger partial charge in [-0.05, 0) is 41.1 Å². The van der Waals surface area contributed by atoms with Gasteiger partial charge in [-0.25, -0.2) is 8.42 Å². The van der Waals surface area contributed by atoms with Crippen LogP contribution < -0.4 is 4.74 Å². The predicted molar refractivity (Wildman–Crippen MR) is 102 cm³/mol. The molecule has 0 radical (unpaired) electrons. The zero-order valence-corrected chi connectivity index (χ0v) is 15.8. The maximum atomic E-state index is 13.3. The van der Waals surface area contributed by atoms with Crippen molar-refractivity contribution < 1.29 is 18.0 Å². The number of hydroxylamine groups is 1. The molecule has 0 bridgehead atoms. The molecule has 2 atom stereocenters. The summed E-state index contributed by atoms with van der Waals surface area (Å²) in [6.07, 6.45) is 0. The highest BCUT2D eigenvalue weighted by atomic mass is 35.5. The number of fused-ring (bicyclic) bond motifs is 5. The minimum absolute atomic E-state index is 0.0645. The number of ether oxygens (including phenoxy) is 1. The molecule has 0 aliphatic carbocycles. The first-order chi connectivity index (χ1) is 13.1. The Morgan fingerprint density at radius 1 is 0.963 bits per heavy atom. The Morgan fingerprint density at radius 3 is 2.56 bits per heavy atom. The molecule has 138 valence electrons. The average molecular weight is 402 g/mol. The van der Waals surface area contributed by atoms with E-state index in [0.29, 0.717) is 24.0 Å². The van der Waals surface area contributed by atoms with Crippen LogP contribution in [0, 0.1) is 5.92 Å². The van der Waals surface area contributed by atoms with Gasteiger partial charge >= 0.3 is 0 Å². The first-order valence-electron chi connectivity index (χ1n) is 8.63. The Kier molecular flexibility index (Phi) is 3.91. The molecule has 1 fully saturated rings. The summed E-state index contributed by atoms with van der Waals surface area (Å²) in [6, 6.07) is 17.5. The second-order valence-electron chi connectivity index (χ2n) is 6.72. The van der Waals surface area contributed by atoms with Crippen LogP contribution in [-0.4, -0.2) is 26.1 Å². The number of halogens is 1. The maximum Gasteiger partial charge on any atom is 0.265 e. The number of sulfonamides is 1. The quantitative estimate of drug-likeness (QED) is 0.646. The second-order valence-corrected chi connectivity index (χ2v) is 8.94. The first kappa shape index (κ1) is 17.0. The van der Waals surface area contributed by atoms with Crippen LogP contribution in [0.4, 0.5) is 0 Å². The zero-order valence-electron chi connectivity index (χ0n) is 14.2. The Labute approximate surface area is 162 Å². The minimum Gasteiger partial charge on any atom is -0.493 e. The molecule has 2 aliphatic heterocycles. The molecule has 0 aromatic heterocycles. The summed E-state index contributed by atoms with van der Waals surface area (Å²) in [7, 11) is -3.84. The molecule has 1 saturated heterocycles. The van der Waals surface area contributed by atoms with E-state index < -0.39 is 16.1 Å². The Hall–Kier alpha value is -2.12. The molecule has 0 amide bonds. The van der Waals surface area contributed by atoms with Crippen LogP contribution in [0.3, 0.4) is 0 Å². The molecular formula is C20H16ClNO4S. The molecule has 5 rings (SSSR count). The molecule has 0 N–H and O–H groups in total. The lowest BCUT2D eigenvalue weighted by atomic mass is 9.89. The topological polar surface area (TPSA) is 55.8 Å². The van der Waals surface area contributed by atoms with Gasteiger partial charge in [-0.1, -0.05) is 46.4 Å². The van der Waals surface area contributed by atoms with Gasteiger partial charge in [0.1, 0.15) is 5.75 Å². The summed E-state index contributed by atoms with van der Waals surface area (Å²) in [4.78, 5) is 5.84. The van der Waals surface area contributed by atoms with Crippen molar-refractivity contribution in [3.8, 4) is 5.75 Å². The van der Waals surface area contributed by atoms with Crippen molar-refractivity contribution in [1.29, 1.82) is 0 Å². The van der Waals surface area contributed by atoms with Crippen LogP contribution in [0.2, 0.25) is 5.02 Å². The van der Waals surface area contributed by atoms with Crippen LogP contribution in [0.25, 0.3) is 10.8 Å². The van der Waals surface area contributed by atoms with Crippen molar-refractivity contribution in [1.82, 2.24) is 4.47 Å². The molecule has 2 aliphatic rings. The number of rotatable bonds is 2. The number of hydrogen-bond donors (Lipinski definition) is 0. The van der Waals surface area contributed by atoms with Crippen LogP contribution in [0.1, 0.15) is 11.6 Å². The largest absolute Gasteiger partial charge is 0.493 e. The normalized spacial score (nSPS) is 22.3. The average Bonchev–Trinajstić information content (AvgIpc) is 3.13. The summed E-state index contributed by atoms with van der Waals surface area (Å²) in [5, 5.41) is 2.50. The third-order valence-electron chi connectivity index (χ3n) is 5.12. The monoisotopic (exact) mass is 401 g/mol. The molecule has 3 aromatic carbocycles. The van der Waals surface area contributed by atoms with Gasteiger partial charge < -0.3 is 4.74 Å². The van der Waals surface area contributed by atoms with Gasteiger partial charge in [-0.15, -0.1) is 0 Å². The van der Waals surface area contributed by atoms with Gasteiger partial charge in [0.05, 0.1) is 24.2 Å². The smallest absolute Gasteiger partial charge is 0.265 e. The lowest BCUT2D eigenvalue weighted by molar-refractivity contribution is -0.0499. The number of nitrogens with zero attached hydrogens (tertiary/aromatic N) is 1. The summed E-state index contributed by atoms with van der Waals surface area (Å²) in [6.45, 7) is 0.711. The maximum absolute atomic E-state index is 13.3. The molecule has 27 heavy (non-hydrogen) atoms. The number of benzene rings is 3. The molecule has 0 unspecified atom stereocenters. The van der Waals surface area contributed by atoms with E-state index in [4.69, 9.17) is 21.2 Å². The fourth-order valence-corrected chi connectivity index (χ4v) is 5.42. The molecule has 0 saturated carbocycles. The second kappa shape index (κ2) is 6.21. The molecule has 2 heterocycles. The fraction of sp³-hybridized carbons (Fsp3) is 0.200. The van der Waals surface area contributed by atoms with Crippen LogP contribution in [0.15, 0.2) is 65.6 Å². The van der Waals surface area contributed by atoms with E-state index in [-0.39, 0.29) is 10.8 Å². The highest BCUT2D eigenvalue weighted by Crippen LogP contribution is 2.48. The lowest BCUT2D eigenvalue weighted by Gasteiger charge is -2.32. The summed E-state index contributed by atoms with van der Waals surface area (Å²) in [5.41, 5.74) is 0.861. The van der Waals surface area contributed by atoms with E-state index in [0.717, 1.165) is 20.8 Å². The molecular weight excluding hydrogens is 386 g/mol. The third-order valence-corrected chi connectivity index (χ3v) is 7.04. The van der Waals surface area contributed by atoms with Gasteiger partial charge in [-0.3, -0.25) is 4.84 Å². The van der Waals surface area contributed by atoms with Gasteiger partial charge in [0.15, 0.2) is 0 Å². The summed E-state index contributed by atoms with van der Waals surface area (Å²) in [5.74, 6) is 0.641. The molecule has 3 aromatic rings. The zero-order chi connectivity index (χ0) is 18.6. The van der Waals surface area contributed by atoms with E-state index in [1.807, 2.05) is 36.4 Å². The Balaban J connectivity index is 1.67. The molecule has 0 spiro atoms. The number of hydrogen-bond acceptors (Lipinski definition) is 4. The van der Waals surface area contributed by atoms with E-state index in [2.05, 4.69) is 0 Å². The van der Waals surface area contributed by atoms with E-state index in [1.165, 1.54) is 12.1 Å². The summed E-state index contributed by atoms with van der Waals surface area (Å²) < 4.78 is 33.6. The van der Waals surface area contributed by atoms with E-state index in [9.17, 15) is 8.42 Å². The van der Waals surface area contributed by atoms with E-state index in [1.54, 1.807) is 12.1 Å². The van der Waals surface area contributed by atoms with E-state index >= 15 is 0 Å². The third kappa shape index (κ3) is 2.63. The standard InChI is InChI=1S/C20H16ClNO4S/c21-15-6-8-16(9-7-15)27(23,24)22-20-14(12-26-22)11-25-18-10-5-13-3-1-2-4-17(13)19(18)20/h1-10,14,20H,11-12H2/t14-,20-/m1/s1. The van der Waals surface area contributed by atoms with Crippen LogP contribution in [-0.2, 0) is 14.9 Å². The minimum atomic E-state index is -3.84. The van der Waals surface area contributed by atoms with Crippen molar-refractivity contribution in [2.75, 3.05) is 13.2 Å². The SMILES string of the molecule is O=S(=O)(c1ccc(Cl)cc1)N1OC[C@H]2COc3ccc4ccccc4c3[C@@H]21. The van der Waals surface area contributed by atoms with Crippen LogP contribution >= 0.6 is 11.6 Å². The van der Waals surface area contributed by atoms with Crippen molar-refractivity contribution in [2.24, 2.45) is 5.92 Å². The van der Waals surface area contributed by atoms with Gasteiger partial charge in [0.25, 0.3) is 10.0 Å². The van der Waals surface area contributed by atoms with Crippen molar-refractivity contribution in [2.45, 2.75) is 10.9 Å². The van der Waals surface area contributed by atoms with Gasteiger partial charge in [0.2, 0.25) is 0 Å². The first-order valence-corrected chi connectivity index (χ1v) is 10.4. The van der Waals surface area contributed by atoms with Gasteiger partial charge in [0, 0.05) is 16.5 Å². The molecule has 5 nitrogen and oxygen atoms in total. The Morgan fingerprint density at radius 2 is 1.74 bits per heavy atom.